The van der Waals surface area contributed by atoms with Crippen molar-refractivity contribution in [3.05, 3.63) is 28.2 Å². The summed E-state index contributed by atoms with van der Waals surface area (Å²) in [6.45, 7) is 3.01. The van der Waals surface area contributed by atoms with Gasteiger partial charge >= 0.3 is 5.97 Å². The number of aliphatic carboxylic acids is 1. The molecular weight excluding hydrogens is 322 g/mol. The molecule has 1 aromatic rings. The average molecular weight is 336 g/mol. The first-order valence-electron chi connectivity index (χ1n) is 5.27. The summed E-state index contributed by atoms with van der Waals surface area (Å²) in [6.07, 6.45) is 0. The van der Waals surface area contributed by atoms with E-state index in [0.29, 0.717) is 4.47 Å². The van der Waals surface area contributed by atoms with Crippen LogP contribution in [0.2, 0.25) is 0 Å². The standard InChI is InChI=1S/C11H14BrNO4S/c1-3-13(7-11(14)15)18(16,17)10-5-4-8(2)6-9(10)12/h4-6H,3,7H2,1-2H3,(H,14,15). The maximum Gasteiger partial charge on any atom is 0.318 e. The topological polar surface area (TPSA) is 74.7 Å². The van der Waals surface area contributed by atoms with Crippen molar-refractivity contribution in [3.8, 4) is 0 Å². The molecule has 0 saturated carbocycles. The van der Waals surface area contributed by atoms with E-state index in [1.54, 1.807) is 19.1 Å². The second-order valence-corrected chi connectivity index (χ2v) is 6.52. The van der Waals surface area contributed by atoms with Crippen LogP contribution in [-0.4, -0.2) is 36.9 Å². The van der Waals surface area contributed by atoms with E-state index in [1.807, 2.05) is 6.92 Å². The number of carboxylic acid groups (broad SMARTS) is 1. The summed E-state index contributed by atoms with van der Waals surface area (Å²) >= 11 is 3.19. The van der Waals surface area contributed by atoms with Gasteiger partial charge in [0.15, 0.2) is 0 Å². The fourth-order valence-corrected chi connectivity index (χ4v) is 4.02. The normalized spacial score (nSPS) is 11.8. The van der Waals surface area contributed by atoms with Crippen LogP contribution in [0.1, 0.15) is 12.5 Å². The van der Waals surface area contributed by atoms with E-state index < -0.39 is 22.5 Å². The molecule has 1 aromatic carbocycles. The van der Waals surface area contributed by atoms with Gasteiger partial charge in [-0.3, -0.25) is 4.79 Å². The van der Waals surface area contributed by atoms with Crippen LogP contribution in [0, 0.1) is 6.92 Å². The van der Waals surface area contributed by atoms with Gasteiger partial charge in [0.25, 0.3) is 0 Å². The van der Waals surface area contributed by atoms with E-state index in [-0.39, 0.29) is 11.4 Å². The highest BCUT2D eigenvalue weighted by Crippen LogP contribution is 2.25. The third-order valence-corrected chi connectivity index (χ3v) is 5.27. The van der Waals surface area contributed by atoms with Gasteiger partial charge in [-0.05, 0) is 40.5 Å². The summed E-state index contributed by atoms with van der Waals surface area (Å²) in [5, 5.41) is 8.72. The first-order chi connectivity index (χ1) is 8.28. The van der Waals surface area contributed by atoms with Gasteiger partial charge in [-0.1, -0.05) is 13.0 Å². The van der Waals surface area contributed by atoms with Gasteiger partial charge in [0.2, 0.25) is 10.0 Å². The molecule has 0 spiro atoms. The molecule has 0 radical (unpaired) electrons. The predicted octanol–water partition coefficient (Wildman–Crippen LogP) is 1.85. The number of aryl methyl sites for hydroxylation is 1. The number of rotatable bonds is 5. The van der Waals surface area contributed by atoms with Gasteiger partial charge in [-0.15, -0.1) is 0 Å². The number of sulfonamides is 1. The lowest BCUT2D eigenvalue weighted by molar-refractivity contribution is -0.137. The molecule has 0 aromatic heterocycles. The van der Waals surface area contributed by atoms with E-state index in [1.165, 1.54) is 6.07 Å². The molecule has 0 atom stereocenters. The third kappa shape index (κ3) is 3.30. The predicted molar refractivity (Wildman–Crippen MR) is 70.9 cm³/mol. The Balaban J connectivity index is 3.23. The smallest absolute Gasteiger partial charge is 0.318 e. The second kappa shape index (κ2) is 5.81. The van der Waals surface area contributed by atoms with Crippen LogP contribution in [0.25, 0.3) is 0 Å². The molecule has 0 aliphatic carbocycles. The van der Waals surface area contributed by atoms with E-state index in [0.717, 1.165) is 9.87 Å². The largest absolute Gasteiger partial charge is 0.480 e. The minimum atomic E-state index is -3.79. The average Bonchev–Trinajstić information content (AvgIpc) is 2.24. The summed E-state index contributed by atoms with van der Waals surface area (Å²) in [5.41, 5.74) is 0.919. The van der Waals surface area contributed by atoms with Crippen LogP contribution in [0.3, 0.4) is 0 Å². The third-order valence-electron chi connectivity index (χ3n) is 2.37. The first-order valence-corrected chi connectivity index (χ1v) is 7.50. The zero-order chi connectivity index (χ0) is 13.9. The molecule has 5 nitrogen and oxygen atoms in total. The monoisotopic (exact) mass is 335 g/mol. The fraction of sp³-hybridized carbons (Fsp3) is 0.364. The van der Waals surface area contributed by atoms with Crippen molar-refractivity contribution in [2.45, 2.75) is 18.7 Å². The maximum atomic E-state index is 12.3. The molecule has 100 valence electrons. The van der Waals surface area contributed by atoms with Gasteiger partial charge < -0.3 is 5.11 Å². The van der Waals surface area contributed by atoms with Crippen LogP contribution in [0.4, 0.5) is 0 Å². The summed E-state index contributed by atoms with van der Waals surface area (Å²) < 4.78 is 25.9. The molecule has 7 heteroatoms. The first kappa shape index (κ1) is 15.1. The number of hydrogen-bond acceptors (Lipinski definition) is 3. The maximum absolute atomic E-state index is 12.3. The molecule has 0 heterocycles. The van der Waals surface area contributed by atoms with Gasteiger partial charge in [-0.2, -0.15) is 4.31 Å². The van der Waals surface area contributed by atoms with Crippen LogP contribution in [0.15, 0.2) is 27.6 Å². The number of halogens is 1. The number of nitrogens with zero attached hydrogens (tertiary/aromatic N) is 1. The summed E-state index contributed by atoms with van der Waals surface area (Å²) in [7, 11) is -3.79. The zero-order valence-electron chi connectivity index (χ0n) is 10.1. The SMILES string of the molecule is CCN(CC(=O)O)S(=O)(=O)c1ccc(C)cc1Br. The van der Waals surface area contributed by atoms with Crippen LogP contribution < -0.4 is 0 Å². The molecule has 0 aliphatic rings. The Labute approximate surface area is 115 Å². The number of hydrogen-bond donors (Lipinski definition) is 1. The van der Waals surface area contributed by atoms with E-state index in [2.05, 4.69) is 15.9 Å². The highest BCUT2D eigenvalue weighted by atomic mass is 79.9. The molecule has 0 fully saturated rings. The molecule has 1 rings (SSSR count). The van der Waals surface area contributed by atoms with Crippen molar-refractivity contribution in [3.63, 3.8) is 0 Å². The van der Waals surface area contributed by atoms with Crippen molar-refractivity contribution in [2.24, 2.45) is 0 Å². The molecule has 1 N–H and O–H groups in total. The lowest BCUT2D eigenvalue weighted by Crippen LogP contribution is -2.35. The Morgan fingerprint density at radius 1 is 1.44 bits per heavy atom. The fourth-order valence-electron chi connectivity index (χ4n) is 1.47. The van der Waals surface area contributed by atoms with Crippen LogP contribution in [-0.2, 0) is 14.8 Å². The van der Waals surface area contributed by atoms with E-state index in [9.17, 15) is 13.2 Å². The quantitative estimate of drug-likeness (QED) is 0.891. The molecule has 0 unspecified atom stereocenters. The second-order valence-electron chi connectivity index (χ2n) is 3.76. The van der Waals surface area contributed by atoms with Crippen molar-refractivity contribution < 1.29 is 18.3 Å². The Morgan fingerprint density at radius 2 is 2.06 bits per heavy atom. The lowest BCUT2D eigenvalue weighted by atomic mass is 10.2. The minimum absolute atomic E-state index is 0.0798. The molecule has 0 amide bonds. The Morgan fingerprint density at radius 3 is 2.50 bits per heavy atom. The van der Waals surface area contributed by atoms with Gasteiger partial charge in [0.05, 0.1) is 4.90 Å². The number of benzene rings is 1. The minimum Gasteiger partial charge on any atom is -0.480 e. The Bertz CT molecular complexity index is 556. The molecule has 0 aliphatic heterocycles. The number of likely N-dealkylation sites (N-methyl/N-ethyl adjacent to an activating group) is 1. The Kier molecular flexibility index (Phi) is 4.89. The lowest BCUT2D eigenvalue weighted by Gasteiger charge is -2.19. The summed E-state index contributed by atoms with van der Waals surface area (Å²) in [4.78, 5) is 10.7. The highest BCUT2D eigenvalue weighted by molar-refractivity contribution is 9.10. The molecular formula is C11H14BrNO4S. The zero-order valence-corrected chi connectivity index (χ0v) is 12.5. The van der Waals surface area contributed by atoms with Crippen molar-refractivity contribution >= 4 is 31.9 Å². The van der Waals surface area contributed by atoms with E-state index >= 15 is 0 Å². The van der Waals surface area contributed by atoms with Crippen molar-refractivity contribution in [2.75, 3.05) is 13.1 Å². The van der Waals surface area contributed by atoms with Gasteiger partial charge in [0.1, 0.15) is 6.54 Å². The highest BCUT2D eigenvalue weighted by Gasteiger charge is 2.26. The van der Waals surface area contributed by atoms with Crippen LogP contribution in [0.5, 0.6) is 0 Å². The molecule has 0 saturated heterocycles. The van der Waals surface area contributed by atoms with Gasteiger partial charge in [-0.25, -0.2) is 8.42 Å². The summed E-state index contributed by atoms with van der Waals surface area (Å²) in [6, 6.07) is 4.83. The summed E-state index contributed by atoms with van der Waals surface area (Å²) in [5.74, 6) is -1.18. The Hall–Kier alpha value is -0.920. The van der Waals surface area contributed by atoms with Crippen LogP contribution >= 0.6 is 15.9 Å². The molecule has 18 heavy (non-hydrogen) atoms. The molecule has 0 bridgehead atoms. The number of carbonyl (C=O) groups is 1. The van der Waals surface area contributed by atoms with Crippen molar-refractivity contribution in [1.29, 1.82) is 0 Å². The number of carboxylic acids is 1. The van der Waals surface area contributed by atoms with Gasteiger partial charge in [0, 0.05) is 11.0 Å². The van der Waals surface area contributed by atoms with E-state index in [4.69, 9.17) is 5.11 Å². The van der Waals surface area contributed by atoms with Crippen molar-refractivity contribution in [1.82, 2.24) is 4.31 Å².